The molecular formula is C20H13ClN2O4. The molecule has 0 aliphatic carbocycles. The Kier molecular flexibility index (Phi) is 5.06. The summed E-state index contributed by atoms with van der Waals surface area (Å²) < 4.78 is 0. The van der Waals surface area contributed by atoms with Gasteiger partial charge in [-0.25, -0.2) is 4.98 Å². The lowest BCUT2D eigenvalue weighted by molar-refractivity contribution is -0.136. The minimum Gasteiger partial charge on any atom is -0.504 e. The molecule has 0 radical (unpaired) electrons. The third kappa shape index (κ3) is 3.59. The van der Waals surface area contributed by atoms with Gasteiger partial charge in [0.1, 0.15) is 17.3 Å². The van der Waals surface area contributed by atoms with Gasteiger partial charge in [0.05, 0.1) is 11.9 Å². The number of nitriles is 1. The number of carbonyl (C=O) groups is 2. The van der Waals surface area contributed by atoms with Crippen molar-refractivity contribution in [3.8, 4) is 22.9 Å². The van der Waals surface area contributed by atoms with Crippen molar-refractivity contribution in [2.24, 2.45) is 0 Å². The second-order valence-corrected chi connectivity index (χ2v) is 6.26. The Bertz CT molecular complexity index is 1120. The fraction of sp³-hybridized carbons (Fsp3) is 0.100. The Hall–Kier alpha value is -3.43. The van der Waals surface area contributed by atoms with E-state index in [1.165, 1.54) is 0 Å². The molecule has 0 spiro atoms. The van der Waals surface area contributed by atoms with Crippen LogP contribution < -0.4 is 0 Å². The highest BCUT2D eigenvalue weighted by atomic mass is 35.5. The number of benzene rings is 2. The number of aliphatic carboxylic acids is 1. The second-order valence-electron chi connectivity index (χ2n) is 5.82. The first-order chi connectivity index (χ1) is 12.9. The number of hydrogen-bond acceptors (Lipinski definition) is 5. The Morgan fingerprint density at radius 1 is 1.15 bits per heavy atom. The summed E-state index contributed by atoms with van der Waals surface area (Å²) >= 11 is 6.06. The van der Waals surface area contributed by atoms with Crippen molar-refractivity contribution < 1.29 is 19.8 Å². The number of ketones is 1. The van der Waals surface area contributed by atoms with Gasteiger partial charge in [-0.05, 0) is 17.7 Å². The molecule has 6 nitrogen and oxygen atoms in total. The number of carboxylic acid groups (broad SMARTS) is 1. The lowest BCUT2D eigenvalue weighted by Crippen LogP contribution is -2.08. The van der Waals surface area contributed by atoms with Crippen molar-refractivity contribution in [3.63, 3.8) is 0 Å². The molecule has 0 fully saturated rings. The van der Waals surface area contributed by atoms with Gasteiger partial charge in [-0.2, -0.15) is 5.26 Å². The van der Waals surface area contributed by atoms with E-state index in [1.807, 2.05) is 12.1 Å². The molecule has 0 saturated heterocycles. The number of carboxylic acids is 1. The number of hydrogen-bond donors (Lipinski definition) is 2. The predicted octanol–water partition coefficient (Wildman–Crippen LogP) is 4.18. The number of aromatic hydroxyl groups is 1. The zero-order chi connectivity index (χ0) is 19.6. The molecule has 134 valence electrons. The van der Waals surface area contributed by atoms with Crippen LogP contribution in [0.3, 0.4) is 0 Å². The van der Waals surface area contributed by atoms with Crippen LogP contribution in [0.15, 0.2) is 42.5 Å². The second kappa shape index (κ2) is 7.44. The van der Waals surface area contributed by atoms with Crippen molar-refractivity contribution in [1.82, 2.24) is 4.98 Å². The highest BCUT2D eigenvalue weighted by molar-refractivity contribution is 6.30. The monoisotopic (exact) mass is 380 g/mol. The number of halogens is 1. The average molecular weight is 381 g/mol. The van der Waals surface area contributed by atoms with Gasteiger partial charge in [-0.3, -0.25) is 9.59 Å². The zero-order valence-electron chi connectivity index (χ0n) is 13.9. The molecule has 0 saturated carbocycles. The van der Waals surface area contributed by atoms with Crippen molar-refractivity contribution in [1.29, 1.82) is 5.26 Å². The number of rotatable bonds is 5. The van der Waals surface area contributed by atoms with Crippen LogP contribution in [0, 0.1) is 11.3 Å². The van der Waals surface area contributed by atoms with Gasteiger partial charge >= 0.3 is 5.97 Å². The normalized spacial score (nSPS) is 10.5. The summed E-state index contributed by atoms with van der Waals surface area (Å²) in [5.74, 6) is -2.32. The first-order valence-electron chi connectivity index (χ1n) is 7.99. The van der Waals surface area contributed by atoms with E-state index in [4.69, 9.17) is 16.7 Å². The van der Waals surface area contributed by atoms with Crippen LogP contribution in [-0.2, 0) is 4.79 Å². The zero-order valence-corrected chi connectivity index (χ0v) is 14.7. The molecule has 0 amide bonds. The Morgan fingerprint density at radius 3 is 2.56 bits per heavy atom. The maximum absolute atomic E-state index is 12.4. The molecule has 0 unspecified atom stereocenters. The number of para-hydroxylation sites is 1. The van der Waals surface area contributed by atoms with Gasteiger partial charge in [-0.15, -0.1) is 0 Å². The fourth-order valence-electron chi connectivity index (χ4n) is 2.81. The van der Waals surface area contributed by atoms with Gasteiger partial charge in [-0.1, -0.05) is 41.9 Å². The first-order valence-corrected chi connectivity index (χ1v) is 8.37. The van der Waals surface area contributed by atoms with Crippen LogP contribution in [0.2, 0.25) is 5.02 Å². The number of pyridine rings is 1. The van der Waals surface area contributed by atoms with Gasteiger partial charge in [0, 0.05) is 22.4 Å². The van der Waals surface area contributed by atoms with E-state index in [-0.39, 0.29) is 17.7 Å². The number of Topliss-reactive ketones (excluding diaryl/α,β-unsaturated/α-hetero) is 1. The molecule has 7 heteroatoms. The molecule has 2 aromatic carbocycles. The van der Waals surface area contributed by atoms with E-state index in [9.17, 15) is 20.0 Å². The van der Waals surface area contributed by atoms with Crippen LogP contribution >= 0.6 is 11.6 Å². The summed E-state index contributed by atoms with van der Waals surface area (Å²) in [6, 6.07) is 14.0. The smallest absolute Gasteiger partial charge is 0.303 e. The van der Waals surface area contributed by atoms with E-state index in [0.29, 0.717) is 21.5 Å². The van der Waals surface area contributed by atoms with Crippen molar-refractivity contribution in [2.45, 2.75) is 12.8 Å². The molecule has 1 heterocycles. The summed E-state index contributed by atoms with van der Waals surface area (Å²) in [4.78, 5) is 27.4. The van der Waals surface area contributed by atoms with Crippen LogP contribution in [0.25, 0.3) is 22.0 Å². The first kappa shape index (κ1) is 18.4. The Morgan fingerprint density at radius 2 is 1.89 bits per heavy atom. The topological polar surface area (TPSA) is 111 Å². The lowest BCUT2D eigenvalue weighted by atomic mass is 9.97. The number of nitrogens with zero attached hydrogens (tertiary/aromatic N) is 2. The third-order valence-electron chi connectivity index (χ3n) is 4.07. The average Bonchev–Trinajstić information content (AvgIpc) is 2.65. The Labute approximate surface area is 159 Å². The molecule has 2 N–H and O–H groups in total. The van der Waals surface area contributed by atoms with E-state index in [0.717, 1.165) is 5.56 Å². The van der Waals surface area contributed by atoms with E-state index < -0.39 is 23.9 Å². The highest BCUT2D eigenvalue weighted by Gasteiger charge is 2.22. The third-order valence-corrected chi connectivity index (χ3v) is 4.30. The van der Waals surface area contributed by atoms with E-state index in [1.54, 1.807) is 36.4 Å². The largest absolute Gasteiger partial charge is 0.504 e. The predicted molar refractivity (Wildman–Crippen MR) is 99.8 cm³/mol. The molecule has 0 atom stereocenters. The van der Waals surface area contributed by atoms with Gasteiger partial charge in [0.25, 0.3) is 0 Å². The summed E-state index contributed by atoms with van der Waals surface area (Å²) in [7, 11) is 0. The maximum atomic E-state index is 12.4. The van der Waals surface area contributed by atoms with Gasteiger partial charge in [0.15, 0.2) is 11.5 Å². The number of aromatic nitrogens is 1. The summed E-state index contributed by atoms with van der Waals surface area (Å²) in [5, 5.41) is 29.5. The van der Waals surface area contributed by atoms with Crippen molar-refractivity contribution in [3.05, 3.63) is 58.7 Å². The van der Waals surface area contributed by atoms with Gasteiger partial charge < -0.3 is 10.2 Å². The molecular weight excluding hydrogens is 368 g/mol. The maximum Gasteiger partial charge on any atom is 0.303 e. The highest BCUT2D eigenvalue weighted by Crippen LogP contribution is 2.35. The summed E-state index contributed by atoms with van der Waals surface area (Å²) in [6.45, 7) is 0. The molecule has 3 rings (SSSR count). The number of carbonyl (C=O) groups excluding carboxylic acids is 1. The standard InChI is InChI=1S/C20H13ClN2O4/c21-12-4-1-3-11(9-12)13-5-2-6-14-15(10-22)20(27)19(23-18(13)14)16(24)7-8-17(25)26/h1-6,9,27H,7-8H2,(H,25,26). The molecule has 27 heavy (non-hydrogen) atoms. The van der Waals surface area contributed by atoms with Crippen LogP contribution in [0.5, 0.6) is 5.75 Å². The molecule has 0 aliphatic heterocycles. The minimum absolute atomic E-state index is 0.0810. The SMILES string of the molecule is N#Cc1c(O)c(C(=O)CCC(=O)O)nc2c(-c3cccc(Cl)c3)cccc12. The molecule has 1 aromatic heterocycles. The number of fused-ring (bicyclic) bond motifs is 1. The summed E-state index contributed by atoms with van der Waals surface area (Å²) in [5.41, 5.74) is 1.34. The van der Waals surface area contributed by atoms with Crippen LogP contribution in [-0.4, -0.2) is 26.9 Å². The molecule has 0 bridgehead atoms. The van der Waals surface area contributed by atoms with E-state index in [2.05, 4.69) is 4.98 Å². The fourth-order valence-corrected chi connectivity index (χ4v) is 3.00. The van der Waals surface area contributed by atoms with Crippen molar-refractivity contribution >= 4 is 34.3 Å². The molecule has 3 aromatic rings. The van der Waals surface area contributed by atoms with E-state index >= 15 is 0 Å². The lowest BCUT2D eigenvalue weighted by Gasteiger charge is -2.11. The Balaban J connectivity index is 2.26. The van der Waals surface area contributed by atoms with Gasteiger partial charge in [0.2, 0.25) is 0 Å². The van der Waals surface area contributed by atoms with Crippen molar-refractivity contribution in [2.75, 3.05) is 0 Å². The quantitative estimate of drug-likeness (QED) is 0.642. The van der Waals surface area contributed by atoms with Crippen LogP contribution in [0.1, 0.15) is 28.9 Å². The molecule has 0 aliphatic rings. The minimum atomic E-state index is -1.14. The van der Waals surface area contributed by atoms with Crippen LogP contribution in [0.4, 0.5) is 0 Å². The summed E-state index contributed by atoms with van der Waals surface area (Å²) in [6.07, 6.45) is -0.721.